The number of fused-ring (bicyclic) bond motifs is 2. The van der Waals surface area contributed by atoms with Gasteiger partial charge in [0.15, 0.2) is 0 Å². The first kappa shape index (κ1) is 25.6. The van der Waals surface area contributed by atoms with Gasteiger partial charge in [0.1, 0.15) is 6.17 Å². The molecule has 0 radical (unpaired) electrons. The van der Waals surface area contributed by atoms with Gasteiger partial charge in [0.25, 0.3) is 6.43 Å². The van der Waals surface area contributed by atoms with Crippen LogP contribution in [0, 0.1) is 0 Å². The molecule has 0 saturated carbocycles. The summed E-state index contributed by atoms with van der Waals surface area (Å²) < 4.78 is 47.2. The summed E-state index contributed by atoms with van der Waals surface area (Å²) in [7, 11) is 1.64. The van der Waals surface area contributed by atoms with Crippen LogP contribution in [0.25, 0.3) is 16.8 Å². The molecule has 0 spiro atoms. The van der Waals surface area contributed by atoms with E-state index in [-0.39, 0.29) is 12.1 Å². The molecule has 12 heteroatoms. The molecule has 37 heavy (non-hydrogen) atoms. The topological polar surface area (TPSA) is 92.0 Å². The lowest BCUT2D eigenvalue weighted by molar-refractivity contribution is 0.0918. The summed E-state index contributed by atoms with van der Waals surface area (Å²) >= 11 is 0. The zero-order valence-electron chi connectivity index (χ0n) is 20.9. The molecule has 3 aromatic heterocycles. The van der Waals surface area contributed by atoms with Gasteiger partial charge in [0.05, 0.1) is 54.0 Å². The van der Waals surface area contributed by atoms with Gasteiger partial charge in [-0.05, 0) is 31.5 Å². The Labute approximate surface area is 213 Å². The molecule has 3 atom stereocenters. The number of aromatic nitrogens is 4. The molecule has 9 nitrogen and oxygen atoms in total. The molecule has 2 aliphatic rings. The minimum atomic E-state index is -2.45. The summed E-state index contributed by atoms with van der Waals surface area (Å²) in [6.45, 7) is 3.89. The van der Waals surface area contributed by atoms with Crippen molar-refractivity contribution in [3.63, 3.8) is 0 Å². The lowest BCUT2D eigenvalue weighted by atomic mass is 10.0. The second kappa shape index (κ2) is 11.1. The molecule has 2 aliphatic heterocycles. The number of hydrogen-bond donors (Lipinski definition) is 2. The van der Waals surface area contributed by atoms with Gasteiger partial charge in [0.2, 0.25) is 5.95 Å². The summed E-state index contributed by atoms with van der Waals surface area (Å²) in [6.07, 6.45) is 1.16. The van der Waals surface area contributed by atoms with Crippen molar-refractivity contribution >= 4 is 22.9 Å². The Morgan fingerprint density at radius 3 is 2.89 bits per heavy atom. The van der Waals surface area contributed by atoms with Gasteiger partial charge in [-0.1, -0.05) is 0 Å². The van der Waals surface area contributed by atoms with E-state index in [2.05, 4.69) is 30.6 Å². The van der Waals surface area contributed by atoms with Crippen LogP contribution in [0.2, 0.25) is 0 Å². The van der Waals surface area contributed by atoms with E-state index in [4.69, 9.17) is 9.72 Å². The second-order valence-electron chi connectivity index (χ2n) is 9.49. The highest BCUT2D eigenvalue weighted by molar-refractivity contribution is 5.88. The fraction of sp³-hybridized carbons (Fsp3) is 0.520. The van der Waals surface area contributed by atoms with Crippen LogP contribution in [0.1, 0.15) is 31.5 Å². The molecule has 5 heterocycles. The van der Waals surface area contributed by atoms with Crippen molar-refractivity contribution in [2.24, 2.45) is 4.99 Å². The van der Waals surface area contributed by atoms with Gasteiger partial charge in [-0.25, -0.2) is 27.7 Å². The van der Waals surface area contributed by atoms with Crippen LogP contribution in [0.4, 0.5) is 24.8 Å². The third-order valence-electron chi connectivity index (χ3n) is 6.81. The van der Waals surface area contributed by atoms with Crippen LogP contribution in [0.3, 0.4) is 0 Å². The van der Waals surface area contributed by atoms with Crippen molar-refractivity contribution in [2.75, 3.05) is 45.2 Å². The number of likely N-dealkylation sites (tertiary alicyclic amines) is 1. The number of piperidine rings is 1. The first-order valence-electron chi connectivity index (χ1n) is 12.4. The van der Waals surface area contributed by atoms with Crippen molar-refractivity contribution in [3.8, 4) is 11.3 Å². The van der Waals surface area contributed by atoms with Gasteiger partial charge in [0, 0.05) is 50.6 Å². The molecule has 5 rings (SSSR count). The maximum atomic E-state index is 14.8. The van der Waals surface area contributed by atoms with Gasteiger partial charge in [-0.3, -0.25) is 9.89 Å². The molecular weight excluding hydrogens is 485 g/mol. The third kappa shape index (κ3) is 5.76. The molecule has 0 amide bonds. The number of aliphatic imine (C=N–C) groups is 1. The lowest BCUT2D eigenvalue weighted by Gasteiger charge is -2.34. The molecule has 0 aromatic carbocycles. The summed E-state index contributed by atoms with van der Waals surface area (Å²) in [5, 5.41) is 10.6. The quantitative estimate of drug-likeness (QED) is 0.449. The van der Waals surface area contributed by atoms with Crippen LogP contribution < -0.4 is 10.6 Å². The van der Waals surface area contributed by atoms with Gasteiger partial charge in [-0.15, -0.1) is 5.10 Å². The van der Waals surface area contributed by atoms with Gasteiger partial charge >= 0.3 is 0 Å². The largest absolute Gasteiger partial charge is 0.383 e. The van der Waals surface area contributed by atoms with E-state index in [0.717, 1.165) is 23.3 Å². The van der Waals surface area contributed by atoms with Crippen LogP contribution in [0.5, 0.6) is 0 Å². The highest BCUT2D eigenvalue weighted by atomic mass is 19.3. The molecule has 1 saturated heterocycles. The summed E-state index contributed by atoms with van der Waals surface area (Å²) in [4.78, 5) is 15.8. The predicted molar refractivity (Wildman–Crippen MR) is 136 cm³/mol. The lowest BCUT2D eigenvalue weighted by Crippen LogP contribution is -2.48. The smallest absolute Gasteiger partial charge is 0.250 e. The number of methoxy groups -OCH3 is 1. The number of rotatable bonds is 9. The highest BCUT2D eigenvalue weighted by Gasteiger charge is 2.30. The van der Waals surface area contributed by atoms with Crippen LogP contribution in [-0.4, -0.2) is 88.7 Å². The number of pyridine rings is 1. The van der Waals surface area contributed by atoms with E-state index in [1.807, 2.05) is 25.1 Å². The minimum Gasteiger partial charge on any atom is -0.383 e. The van der Waals surface area contributed by atoms with Crippen molar-refractivity contribution in [3.05, 3.63) is 36.3 Å². The summed E-state index contributed by atoms with van der Waals surface area (Å²) in [5.74, 6) is 0.354. The molecule has 2 N–H and O–H groups in total. The average Bonchev–Trinajstić information content (AvgIpc) is 3.30. The van der Waals surface area contributed by atoms with Crippen LogP contribution in [-0.2, 0) is 4.74 Å². The van der Waals surface area contributed by atoms with Gasteiger partial charge < -0.3 is 15.4 Å². The highest BCUT2D eigenvalue weighted by Crippen LogP contribution is 2.35. The number of nitrogens with one attached hydrogen (secondary N) is 2. The van der Waals surface area contributed by atoms with E-state index in [9.17, 15) is 13.2 Å². The van der Waals surface area contributed by atoms with Crippen molar-refractivity contribution in [1.29, 1.82) is 0 Å². The molecule has 1 unspecified atom stereocenters. The van der Waals surface area contributed by atoms with Crippen LogP contribution in [0.15, 0.2) is 35.6 Å². The van der Waals surface area contributed by atoms with Crippen molar-refractivity contribution < 1.29 is 17.9 Å². The molecule has 3 aromatic rings. The third-order valence-corrected chi connectivity index (χ3v) is 6.81. The zero-order valence-corrected chi connectivity index (χ0v) is 20.9. The number of halogens is 3. The second-order valence-corrected chi connectivity index (χ2v) is 9.49. The predicted octanol–water partition coefficient (Wildman–Crippen LogP) is 3.65. The fourth-order valence-corrected chi connectivity index (χ4v) is 4.91. The average molecular weight is 517 g/mol. The Morgan fingerprint density at radius 1 is 1.24 bits per heavy atom. The maximum absolute atomic E-state index is 14.8. The molecule has 0 aliphatic carbocycles. The number of hydrogen-bond acceptors (Lipinski definition) is 8. The minimum absolute atomic E-state index is 0.336. The fourth-order valence-electron chi connectivity index (χ4n) is 4.91. The number of ether oxygens (including phenoxy) is 1. The van der Waals surface area contributed by atoms with Crippen molar-refractivity contribution in [2.45, 2.75) is 44.4 Å². The van der Waals surface area contributed by atoms with E-state index in [1.54, 1.807) is 24.0 Å². The number of anilines is 1. The Hall–Kier alpha value is -3.09. The first-order chi connectivity index (χ1) is 17.9. The Kier molecular flexibility index (Phi) is 7.68. The molecule has 198 valence electrons. The molecule has 1 fully saturated rings. The van der Waals surface area contributed by atoms with Gasteiger partial charge in [-0.2, -0.15) is 0 Å². The van der Waals surface area contributed by atoms with E-state index in [1.165, 1.54) is 0 Å². The zero-order chi connectivity index (χ0) is 25.9. The normalized spacial score (nSPS) is 22.3. The SMILES string of the molecule is COCCN1CC[C@H](Nc2ncc3c(-c4ccc5c(n4)C(NCC(F)F)CC(C)=N5)ccn3n2)[C@H](F)C1. The van der Waals surface area contributed by atoms with Crippen molar-refractivity contribution in [1.82, 2.24) is 29.8 Å². The van der Waals surface area contributed by atoms with E-state index in [0.29, 0.717) is 55.6 Å². The van der Waals surface area contributed by atoms with E-state index >= 15 is 0 Å². The maximum Gasteiger partial charge on any atom is 0.250 e. The Bertz CT molecular complexity index is 1270. The van der Waals surface area contributed by atoms with Crippen LogP contribution >= 0.6 is 0 Å². The number of alkyl halides is 3. The number of nitrogens with zero attached hydrogens (tertiary/aromatic N) is 6. The summed E-state index contributed by atoms with van der Waals surface area (Å²) in [5.41, 5.74) is 4.41. The monoisotopic (exact) mass is 516 g/mol. The molecule has 0 bridgehead atoms. The summed E-state index contributed by atoms with van der Waals surface area (Å²) in [6, 6.07) is 4.90. The standard InChI is InChI=1S/C25H31F3N8O/c1-15-11-21(29-13-23(27)28)24-20(31-15)4-3-18(32-24)16-5-8-36-22(16)12-30-25(34-36)33-19-6-7-35(9-10-37-2)14-17(19)26/h3-5,8,12,17,19,21,23,29H,6-7,9-11,13-14H2,1-2H3,(H,33,34)/t17-,19+,21?/m1/s1. The van der Waals surface area contributed by atoms with E-state index < -0.39 is 19.1 Å². The molecular formula is C25H31F3N8O. The Morgan fingerprint density at radius 2 is 2.11 bits per heavy atom. The first-order valence-corrected chi connectivity index (χ1v) is 12.4. The Balaban J connectivity index is 1.33.